The van der Waals surface area contributed by atoms with E-state index in [4.69, 9.17) is 0 Å². The van der Waals surface area contributed by atoms with Crippen LogP contribution in [0.4, 0.5) is 0 Å². The number of aromatic hydroxyl groups is 1. The average Bonchev–Trinajstić information content (AvgIpc) is 2.62. The van der Waals surface area contributed by atoms with Gasteiger partial charge < -0.3 is 5.11 Å². The highest BCUT2D eigenvalue weighted by Crippen LogP contribution is 2.42. The molecule has 0 saturated carbocycles. The first-order chi connectivity index (χ1) is 11.3. The Balaban J connectivity index is 2.40. The molecule has 0 radical (unpaired) electrons. The van der Waals surface area contributed by atoms with Gasteiger partial charge in [-0.05, 0) is 46.7 Å². The lowest BCUT2D eigenvalue weighted by Gasteiger charge is -2.20. The van der Waals surface area contributed by atoms with Gasteiger partial charge in [0.1, 0.15) is 5.75 Å². The quantitative estimate of drug-likeness (QED) is 0.641. The van der Waals surface area contributed by atoms with Gasteiger partial charge >= 0.3 is 0 Å². The molecule has 0 aromatic heterocycles. The monoisotopic (exact) mass is 302 g/mol. The van der Waals surface area contributed by atoms with E-state index in [0.717, 1.165) is 29.5 Å². The zero-order valence-corrected chi connectivity index (χ0v) is 13.7. The molecule has 0 saturated heterocycles. The molecule has 3 rings (SSSR count). The van der Waals surface area contributed by atoms with E-state index in [9.17, 15) is 5.11 Å². The summed E-state index contributed by atoms with van der Waals surface area (Å²) in [6.45, 7) is 4.24. The van der Waals surface area contributed by atoms with Gasteiger partial charge in [0.15, 0.2) is 0 Å². The third kappa shape index (κ3) is 2.87. The third-order valence-electron chi connectivity index (χ3n) is 4.35. The fourth-order valence-electron chi connectivity index (χ4n) is 3.26. The van der Waals surface area contributed by atoms with E-state index in [1.807, 2.05) is 18.2 Å². The van der Waals surface area contributed by atoms with Crippen LogP contribution in [0.3, 0.4) is 0 Å². The molecule has 0 amide bonds. The number of rotatable bonds is 4. The Kier molecular flexibility index (Phi) is 4.47. The minimum atomic E-state index is 0.405. The van der Waals surface area contributed by atoms with Gasteiger partial charge in [-0.3, -0.25) is 0 Å². The molecule has 3 aromatic carbocycles. The summed E-state index contributed by atoms with van der Waals surface area (Å²) in [7, 11) is 0. The molecule has 1 nitrogen and oxygen atoms in total. The topological polar surface area (TPSA) is 20.2 Å². The maximum atomic E-state index is 10.5. The lowest BCUT2D eigenvalue weighted by atomic mass is 9.85. The molecule has 0 spiro atoms. The number of phenolic OH excluding ortho intramolecular Hbond substituents is 1. The highest BCUT2D eigenvalue weighted by molar-refractivity contribution is 5.89. The highest BCUT2D eigenvalue weighted by Gasteiger charge is 2.18. The summed E-state index contributed by atoms with van der Waals surface area (Å²) >= 11 is 0. The molecule has 1 heteroatoms. The van der Waals surface area contributed by atoms with Crippen molar-refractivity contribution in [1.82, 2.24) is 0 Å². The largest absolute Gasteiger partial charge is 0.508 e. The SMILES string of the molecule is CCc1cc(O)c(CC)c(-c2ccccc2)c1-c1ccccc1. The molecule has 0 bridgehead atoms. The molecule has 3 aromatic rings. The van der Waals surface area contributed by atoms with E-state index in [1.54, 1.807) is 0 Å². The molecule has 0 aliphatic carbocycles. The Morgan fingerprint density at radius 3 is 1.70 bits per heavy atom. The van der Waals surface area contributed by atoms with Crippen molar-refractivity contribution in [2.75, 3.05) is 0 Å². The fraction of sp³-hybridized carbons (Fsp3) is 0.182. The number of benzene rings is 3. The summed E-state index contributed by atoms with van der Waals surface area (Å²) in [6, 6.07) is 22.8. The van der Waals surface area contributed by atoms with Gasteiger partial charge in [0.25, 0.3) is 0 Å². The van der Waals surface area contributed by atoms with Gasteiger partial charge in [0.2, 0.25) is 0 Å². The Labute approximate surface area is 138 Å². The van der Waals surface area contributed by atoms with E-state index in [2.05, 4.69) is 62.4 Å². The summed E-state index contributed by atoms with van der Waals surface area (Å²) < 4.78 is 0. The summed E-state index contributed by atoms with van der Waals surface area (Å²) in [6.07, 6.45) is 1.70. The molecule has 23 heavy (non-hydrogen) atoms. The van der Waals surface area contributed by atoms with Crippen LogP contribution in [0.1, 0.15) is 25.0 Å². The van der Waals surface area contributed by atoms with Crippen LogP contribution in [0.15, 0.2) is 66.7 Å². The number of phenols is 1. The van der Waals surface area contributed by atoms with Crippen molar-refractivity contribution in [2.45, 2.75) is 26.7 Å². The van der Waals surface area contributed by atoms with E-state index in [0.29, 0.717) is 5.75 Å². The Morgan fingerprint density at radius 2 is 1.22 bits per heavy atom. The first kappa shape index (κ1) is 15.4. The van der Waals surface area contributed by atoms with Gasteiger partial charge in [0.05, 0.1) is 0 Å². The summed E-state index contributed by atoms with van der Waals surface area (Å²) in [4.78, 5) is 0. The molecule has 1 N–H and O–H groups in total. The van der Waals surface area contributed by atoms with Gasteiger partial charge in [0, 0.05) is 5.56 Å². The maximum absolute atomic E-state index is 10.5. The predicted octanol–water partition coefficient (Wildman–Crippen LogP) is 5.85. The smallest absolute Gasteiger partial charge is 0.119 e. The van der Waals surface area contributed by atoms with Crippen LogP contribution >= 0.6 is 0 Å². The highest BCUT2D eigenvalue weighted by atomic mass is 16.3. The van der Waals surface area contributed by atoms with Crippen molar-refractivity contribution in [3.63, 3.8) is 0 Å². The summed E-state index contributed by atoms with van der Waals surface area (Å²) in [5.74, 6) is 0.405. The molecule has 0 heterocycles. The molecular weight excluding hydrogens is 280 g/mol. The van der Waals surface area contributed by atoms with Crippen LogP contribution in [-0.4, -0.2) is 5.11 Å². The van der Waals surface area contributed by atoms with Crippen LogP contribution in [0.5, 0.6) is 5.75 Å². The van der Waals surface area contributed by atoms with Crippen molar-refractivity contribution in [1.29, 1.82) is 0 Å². The molecular formula is C22H22O. The zero-order chi connectivity index (χ0) is 16.2. The van der Waals surface area contributed by atoms with Crippen LogP contribution < -0.4 is 0 Å². The molecule has 0 aliphatic rings. The lowest BCUT2D eigenvalue weighted by molar-refractivity contribution is 0.468. The average molecular weight is 302 g/mol. The number of aryl methyl sites for hydroxylation is 1. The Hall–Kier alpha value is -2.54. The Morgan fingerprint density at radius 1 is 0.696 bits per heavy atom. The van der Waals surface area contributed by atoms with Crippen molar-refractivity contribution < 1.29 is 5.11 Å². The van der Waals surface area contributed by atoms with E-state index in [-0.39, 0.29) is 0 Å². The van der Waals surface area contributed by atoms with Crippen molar-refractivity contribution in [3.05, 3.63) is 77.9 Å². The second-order valence-electron chi connectivity index (χ2n) is 5.72. The minimum absolute atomic E-state index is 0.405. The van der Waals surface area contributed by atoms with E-state index in [1.165, 1.54) is 16.7 Å². The van der Waals surface area contributed by atoms with Crippen LogP contribution in [0.25, 0.3) is 22.3 Å². The standard InChI is InChI=1S/C22H22O/c1-3-16-15-20(23)19(4-2)22(18-13-9-6-10-14-18)21(16)17-11-7-5-8-12-17/h5-15,23H,3-4H2,1-2H3. The normalized spacial score (nSPS) is 10.7. The second-order valence-corrected chi connectivity index (χ2v) is 5.72. The van der Waals surface area contributed by atoms with Gasteiger partial charge in [-0.2, -0.15) is 0 Å². The zero-order valence-electron chi connectivity index (χ0n) is 13.7. The van der Waals surface area contributed by atoms with Gasteiger partial charge in [-0.1, -0.05) is 74.5 Å². The second kappa shape index (κ2) is 6.70. The maximum Gasteiger partial charge on any atom is 0.119 e. The molecule has 0 atom stereocenters. The fourth-order valence-corrected chi connectivity index (χ4v) is 3.26. The van der Waals surface area contributed by atoms with Crippen molar-refractivity contribution in [3.8, 4) is 28.0 Å². The lowest BCUT2D eigenvalue weighted by Crippen LogP contribution is -1.98. The summed E-state index contributed by atoms with van der Waals surface area (Å²) in [5.41, 5.74) is 6.98. The predicted molar refractivity (Wildman–Crippen MR) is 97.7 cm³/mol. The van der Waals surface area contributed by atoms with Crippen LogP contribution in [0, 0.1) is 0 Å². The number of hydrogen-bond acceptors (Lipinski definition) is 1. The molecule has 116 valence electrons. The van der Waals surface area contributed by atoms with E-state index >= 15 is 0 Å². The van der Waals surface area contributed by atoms with Gasteiger partial charge in [-0.25, -0.2) is 0 Å². The van der Waals surface area contributed by atoms with Gasteiger partial charge in [-0.15, -0.1) is 0 Å². The minimum Gasteiger partial charge on any atom is -0.508 e. The number of hydrogen-bond donors (Lipinski definition) is 1. The van der Waals surface area contributed by atoms with Crippen molar-refractivity contribution in [2.24, 2.45) is 0 Å². The van der Waals surface area contributed by atoms with Crippen LogP contribution in [-0.2, 0) is 12.8 Å². The Bertz CT molecular complexity index is 789. The van der Waals surface area contributed by atoms with E-state index < -0.39 is 0 Å². The van der Waals surface area contributed by atoms with Crippen LogP contribution in [0.2, 0.25) is 0 Å². The molecule has 0 unspecified atom stereocenters. The third-order valence-corrected chi connectivity index (χ3v) is 4.35. The molecule has 0 fully saturated rings. The summed E-state index contributed by atoms with van der Waals surface area (Å²) in [5, 5.41) is 10.5. The molecule has 0 aliphatic heterocycles. The first-order valence-corrected chi connectivity index (χ1v) is 8.24. The first-order valence-electron chi connectivity index (χ1n) is 8.24. The van der Waals surface area contributed by atoms with Crippen molar-refractivity contribution >= 4 is 0 Å².